The van der Waals surface area contributed by atoms with Crippen LogP contribution in [0.3, 0.4) is 0 Å². The molecule has 4 rings (SSSR count). The van der Waals surface area contributed by atoms with Crippen LogP contribution in [0.2, 0.25) is 5.82 Å². The lowest BCUT2D eigenvalue weighted by molar-refractivity contribution is -0.199. The summed E-state index contributed by atoms with van der Waals surface area (Å²) in [6.07, 6.45) is 4.02. The van der Waals surface area contributed by atoms with Crippen molar-refractivity contribution in [3.8, 4) is 0 Å². The SMILES string of the molecule is CCC(C)B1O[C@@H]2C[C@@H]3C[C@@H](C3(C)C)[C@]2(C)O1. The van der Waals surface area contributed by atoms with Gasteiger partial charge in [-0.15, -0.1) is 0 Å². The molecule has 0 aromatic heterocycles. The standard InChI is InChI=1S/C14H25BO2/c1-6-9(2)15-16-12-8-10-7-11(13(10,3)4)14(12,5)17-15/h9-12H,6-8H2,1-5H3/t9?,10-,11-,12+,14-/m0/s1. The van der Waals surface area contributed by atoms with E-state index >= 15 is 0 Å². The molecule has 0 aromatic carbocycles. The Bertz CT molecular complexity index is 330. The Labute approximate surface area is 106 Å². The van der Waals surface area contributed by atoms with Crippen LogP contribution in [0, 0.1) is 17.3 Å². The van der Waals surface area contributed by atoms with Crippen molar-refractivity contribution in [3.63, 3.8) is 0 Å². The molecule has 0 N–H and O–H groups in total. The Hall–Kier alpha value is -0.0151. The molecule has 17 heavy (non-hydrogen) atoms. The first-order valence-electron chi connectivity index (χ1n) is 7.22. The highest BCUT2D eigenvalue weighted by Crippen LogP contribution is 2.66. The summed E-state index contributed by atoms with van der Waals surface area (Å²) < 4.78 is 12.6. The lowest BCUT2D eigenvalue weighted by Gasteiger charge is -2.64. The average Bonchev–Trinajstić information content (AvgIpc) is 2.64. The lowest BCUT2D eigenvalue weighted by atomic mass is 9.43. The summed E-state index contributed by atoms with van der Waals surface area (Å²) in [7, 11) is 0.0325. The van der Waals surface area contributed by atoms with Gasteiger partial charge in [0.25, 0.3) is 0 Å². The van der Waals surface area contributed by atoms with E-state index in [0.29, 0.717) is 23.3 Å². The second-order valence-corrected chi connectivity index (χ2v) is 7.22. The first-order chi connectivity index (χ1) is 7.89. The predicted octanol–water partition coefficient (Wildman–Crippen LogP) is 3.51. The Kier molecular flexibility index (Phi) is 2.49. The molecule has 1 saturated heterocycles. The third-order valence-corrected chi connectivity index (χ3v) is 6.08. The van der Waals surface area contributed by atoms with Crippen LogP contribution in [0.4, 0.5) is 0 Å². The Morgan fingerprint density at radius 1 is 1.29 bits per heavy atom. The Morgan fingerprint density at radius 2 is 2.00 bits per heavy atom. The maximum atomic E-state index is 6.37. The Morgan fingerprint density at radius 3 is 2.59 bits per heavy atom. The molecular formula is C14H25BO2. The number of hydrogen-bond donors (Lipinski definition) is 0. The molecule has 1 aliphatic heterocycles. The zero-order chi connectivity index (χ0) is 12.4. The molecule has 4 aliphatic rings. The van der Waals surface area contributed by atoms with E-state index in [1.165, 1.54) is 12.8 Å². The van der Waals surface area contributed by atoms with E-state index in [1.807, 2.05) is 0 Å². The van der Waals surface area contributed by atoms with Gasteiger partial charge in [-0.3, -0.25) is 0 Å². The highest BCUT2D eigenvalue weighted by molar-refractivity contribution is 6.47. The summed E-state index contributed by atoms with van der Waals surface area (Å²) in [4.78, 5) is 0. The number of hydrogen-bond acceptors (Lipinski definition) is 2. The molecule has 0 amide bonds. The average molecular weight is 236 g/mol. The van der Waals surface area contributed by atoms with Crippen molar-refractivity contribution in [1.82, 2.24) is 0 Å². The third kappa shape index (κ3) is 1.42. The Balaban J connectivity index is 1.82. The van der Waals surface area contributed by atoms with Crippen molar-refractivity contribution < 1.29 is 9.31 Å². The minimum atomic E-state index is -0.0215. The monoisotopic (exact) mass is 236 g/mol. The molecule has 5 atom stereocenters. The second-order valence-electron chi connectivity index (χ2n) is 7.22. The normalized spacial score (nSPS) is 48.5. The summed E-state index contributed by atoms with van der Waals surface area (Å²) in [6.45, 7) is 11.6. The zero-order valence-corrected chi connectivity index (χ0v) is 11.8. The van der Waals surface area contributed by atoms with Crippen molar-refractivity contribution in [3.05, 3.63) is 0 Å². The third-order valence-electron chi connectivity index (χ3n) is 6.08. The fraction of sp³-hybridized carbons (Fsp3) is 1.00. The van der Waals surface area contributed by atoms with Gasteiger partial charge < -0.3 is 9.31 Å². The molecular weight excluding hydrogens is 211 g/mol. The van der Waals surface area contributed by atoms with Gasteiger partial charge in [-0.05, 0) is 42.8 Å². The van der Waals surface area contributed by atoms with E-state index in [0.717, 1.165) is 12.3 Å². The molecule has 0 aromatic rings. The minimum Gasteiger partial charge on any atom is -0.405 e. The van der Waals surface area contributed by atoms with Crippen molar-refractivity contribution in [2.24, 2.45) is 17.3 Å². The largest absolute Gasteiger partial charge is 0.460 e. The highest BCUT2D eigenvalue weighted by Gasteiger charge is 2.68. The molecule has 4 fully saturated rings. The van der Waals surface area contributed by atoms with Gasteiger partial charge in [0.05, 0.1) is 11.7 Å². The molecule has 0 spiro atoms. The van der Waals surface area contributed by atoms with Crippen LogP contribution >= 0.6 is 0 Å². The van der Waals surface area contributed by atoms with E-state index in [9.17, 15) is 0 Å². The van der Waals surface area contributed by atoms with Gasteiger partial charge in [0, 0.05) is 0 Å². The molecule has 3 heteroatoms. The van der Waals surface area contributed by atoms with Gasteiger partial charge in [-0.2, -0.15) is 0 Å². The smallest absolute Gasteiger partial charge is 0.405 e. The fourth-order valence-corrected chi connectivity index (χ4v) is 4.34. The van der Waals surface area contributed by atoms with Crippen LogP contribution < -0.4 is 0 Å². The van der Waals surface area contributed by atoms with E-state index < -0.39 is 0 Å². The predicted molar refractivity (Wildman–Crippen MR) is 69.8 cm³/mol. The summed E-state index contributed by atoms with van der Waals surface area (Å²) in [6, 6.07) is 0. The number of rotatable bonds is 2. The summed E-state index contributed by atoms with van der Waals surface area (Å²) >= 11 is 0. The minimum absolute atomic E-state index is 0.0215. The fourth-order valence-electron chi connectivity index (χ4n) is 4.34. The van der Waals surface area contributed by atoms with Gasteiger partial charge in [0.15, 0.2) is 0 Å². The quantitative estimate of drug-likeness (QED) is 0.683. The molecule has 2 bridgehead atoms. The van der Waals surface area contributed by atoms with E-state index in [1.54, 1.807) is 0 Å². The van der Waals surface area contributed by atoms with Crippen molar-refractivity contribution in [2.45, 2.75) is 71.4 Å². The topological polar surface area (TPSA) is 18.5 Å². The first-order valence-corrected chi connectivity index (χ1v) is 7.22. The van der Waals surface area contributed by atoms with Gasteiger partial charge in [0.2, 0.25) is 0 Å². The van der Waals surface area contributed by atoms with Crippen molar-refractivity contribution in [1.29, 1.82) is 0 Å². The van der Waals surface area contributed by atoms with Gasteiger partial charge in [0.1, 0.15) is 0 Å². The van der Waals surface area contributed by atoms with Gasteiger partial charge in [-0.1, -0.05) is 34.1 Å². The van der Waals surface area contributed by atoms with E-state index in [-0.39, 0.29) is 12.7 Å². The molecule has 2 nitrogen and oxygen atoms in total. The van der Waals surface area contributed by atoms with Crippen LogP contribution in [0.5, 0.6) is 0 Å². The molecule has 3 aliphatic carbocycles. The lowest BCUT2D eigenvalue weighted by Crippen LogP contribution is -2.65. The first kappa shape index (κ1) is 12.0. The summed E-state index contributed by atoms with van der Waals surface area (Å²) in [5.74, 6) is 2.05. The van der Waals surface area contributed by atoms with Crippen LogP contribution in [0.1, 0.15) is 53.9 Å². The molecule has 96 valence electrons. The van der Waals surface area contributed by atoms with Gasteiger partial charge >= 0.3 is 7.12 Å². The van der Waals surface area contributed by atoms with Crippen molar-refractivity contribution in [2.75, 3.05) is 0 Å². The second kappa shape index (κ2) is 3.51. The molecule has 0 radical (unpaired) electrons. The van der Waals surface area contributed by atoms with Crippen LogP contribution in [0.25, 0.3) is 0 Å². The van der Waals surface area contributed by atoms with E-state index in [2.05, 4.69) is 34.6 Å². The molecule has 1 unspecified atom stereocenters. The van der Waals surface area contributed by atoms with Crippen LogP contribution in [0.15, 0.2) is 0 Å². The van der Waals surface area contributed by atoms with Crippen molar-refractivity contribution >= 4 is 7.12 Å². The maximum Gasteiger partial charge on any atom is 0.460 e. The van der Waals surface area contributed by atoms with E-state index in [4.69, 9.17) is 9.31 Å². The molecule has 1 heterocycles. The maximum absolute atomic E-state index is 6.37. The summed E-state index contributed by atoms with van der Waals surface area (Å²) in [5, 5.41) is 0. The van der Waals surface area contributed by atoms with Crippen LogP contribution in [-0.4, -0.2) is 18.8 Å². The molecule has 3 saturated carbocycles. The van der Waals surface area contributed by atoms with Gasteiger partial charge in [-0.25, -0.2) is 0 Å². The highest BCUT2D eigenvalue weighted by atomic mass is 16.7. The zero-order valence-electron chi connectivity index (χ0n) is 11.8. The summed E-state index contributed by atoms with van der Waals surface area (Å²) in [5.41, 5.74) is 0.436. The van der Waals surface area contributed by atoms with Crippen LogP contribution in [-0.2, 0) is 9.31 Å².